The molecule has 0 aliphatic rings. The van der Waals surface area contributed by atoms with Crippen LogP contribution >= 0.6 is 11.3 Å². The minimum Gasteiger partial charge on any atom is -0.508 e. The molecule has 0 aliphatic carbocycles. The van der Waals surface area contributed by atoms with Gasteiger partial charge in [0.1, 0.15) is 11.6 Å². The molecule has 1 heterocycles. The van der Waals surface area contributed by atoms with E-state index >= 15 is 0 Å². The van der Waals surface area contributed by atoms with Crippen LogP contribution in [0.5, 0.6) is 5.75 Å². The van der Waals surface area contributed by atoms with Crippen LogP contribution in [0.2, 0.25) is 0 Å². The molecule has 0 aliphatic heterocycles. The standard InChI is InChI=1S/C12H13FN2OS/c13-10-5-9(6-11(16)7-10)8-14-2-1-12-15-3-4-17-12/h3-7,14,16H,1-2,8H2. The summed E-state index contributed by atoms with van der Waals surface area (Å²) in [6, 6.07) is 4.06. The molecule has 2 N–H and O–H groups in total. The molecule has 5 heteroatoms. The summed E-state index contributed by atoms with van der Waals surface area (Å²) in [6.45, 7) is 1.32. The number of phenolic OH excluding ortho intramolecular Hbond substituents is 1. The van der Waals surface area contributed by atoms with Gasteiger partial charge in [0.25, 0.3) is 0 Å². The average molecular weight is 252 g/mol. The maximum atomic E-state index is 13.0. The minimum absolute atomic E-state index is 0.0401. The van der Waals surface area contributed by atoms with Gasteiger partial charge in [-0.05, 0) is 17.7 Å². The molecule has 2 aromatic rings. The Bertz CT molecular complexity index is 453. The first-order chi connectivity index (χ1) is 8.24. The molecular formula is C12H13FN2OS. The number of nitrogens with one attached hydrogen (secondary N) is 1. The Morgan fingerprint density at radius 2 is 2.24 bits per heavy atom. The van der Waals surface area contributed by atoms with Crippen molar-refractivity contribution in [1.82, 2.24) is 10.3 Å². The molecule has 90 valence electrons. The second kappa shape index (κ2) is 5.75. The Hall–Kier alpha value is -1.46. The van der Waals surface area contributed by atoms with Crippen LogP contribution in [0, 0.1) is 5.82 Å². The molecule has 1 aromatic heterocycles. The summed E-state index contributed by atoms with van der Waals surface area (Å²) >= 11 is 1.62. The zero-order chi connectivity index (χ0) is 12.1. The number of hydrogen-bond donors (Lipinski definition) is 2. The third kappa shape index (κ3) is 3.80. The Morgan fingerprint density at radius 1 is 1.35 bits per heavy atom. The van der Waals surface area contributed by atoms with Crippen LogP contribution < -0.4 is 5.32 Å². The third-order valence-electron chi connectivity index (χ3n) is 2.27. The highest BCUT2D eigenvalue weighted by atomic mass is 32.1. The highest BCUT2D eigenvalue weighted by Gasteiger charge is 2.00. The Balaban J connectivity index is 1.78. The average Bonchev–Trinajstić information content (AvgIpc) is 2.76. The van der Waals surface area contributed by atoms with Gasteiger partial charge in [-0.1, -0.05) is 0 Å². The second-order valence-corrected chi connectivity index (χ2v) is 4.65. The molecule has 0 saturated carbocycles. The zero-order valence-electron chi connectivity index (χ0n) is 9.19. The van der Waals surface area contributed by atoms with Crippen LogP contribution in [-0.4, -0.2) is 16.6 Å². The first-order valence-corrected chi connectivity index (χ1v) is 6.19. The van der Waals surface area contributed by atoms with E-state index in [1.54, 1.807) is 23.6 Å². The van der Waals surface area contributed by atoms with E-state index in [9.17, 15) is 9.50 Å². The molecule has 17 heavy (non-hydrogen) atoms. The Morgan fingerprint density at radius 3 is 2.94 bits per heavy atom. The van der Waals surface area contributed by atoms with Crippen molar-refractivity contribution in [2.45, 2.75) is 13.0 Å². The van der Waals surface area contributed by atoms with Crippen molar-refractivity contribution in [1.29, 1.82) is 0 Å². The van der Waals surface area contributed by atoms with Gasteiger partial charge in [-0.25, -0.2) is 9.37 Å². The number of rotatable bonds is 5. The maximum Gasteiger partial charge on any atom is 0.127 e. The lowest BCUT2D eigenvalue weighted by Gasteiger charge is -2.04. The normalized spacial score (nSPS) is 10.6. The summed E-state index contributed by atoms with van der Waals surface area (Å²) in [4.78, 5) is 4.17. The van der Waals surface area contributed by atoms with Gasteiger partial charge in [0, 0.05) is 37.2 Å². The monoisotopic (exact) mass is 252 g/mol. The SMILES string of the molecule is Oc1cc(F)cc(CNCCc2nccs2)c1. The minimum atomic E-state index is -0.415. The number of aromatic nitrogens is 1. The van der Waals surface area contributed by atoms with Crippen LogP contribution in [0.1, 0.15) is 10.6 Å². The van der Waals surface area contributed by atoms with Crippen LogP contribution in [0.3, 0.4) is 0 Å². The van der Waals surface area contributed by atoms with Crippen molar-refractivity contribution in [3.8, 4) is 5.75 Å². The van der Waals surface area contributed by atoms with Crippen LogP contribution in [0.25, 0.3) is 0 Å². The number of nitrogens with zero attached hydrogens (tertiary/aromatic N) is 1. The summed E-state index contributed by atoms with van der Waals surface area (Å²) in [5, 5.41) is 15.4. The molecule has 0 spiro atoms. The Kier molecular flexibility index (Phi) is 4.06. The fourth-order valence-corrected chi connectivity index (χ4v) is 2.16. The van der Waals surface area contributed by atoms with E-state index in [4.69, 9.17) is 0 Å². The molecule has 0 unspecified atom stereocenters. The molecule has 0 atom stereocenters. The predicted octanol–water partition coefficient (Wildman–Crippen LogP) is 2.32. The van der Waals surface area contributed by atoms with Gasteiger partial charge in [-0.15, -0.1) is 11.3 Å². The van der Waals surface area contributed by atoms with E-state index in [1.165, 1.54) is 6.07 Å². The topological polar surface area (TPSA) is 45.1 Å². The zero-order valence-corrected chi connectivity index (χ0v) is 10.0. The molecule has 0 radical (unpaired) electrons. The molecule has 0 amide bonds. The molecular weight excluding hydrogens is 239 g/mol. The van der Waals surface area contributed by atoms with Gasteiger partial charge in [0.15, 0.2) is 0 Å². The van der Waals surface area contributed by atoms with Crippen molar-refractivity contribution >= 4 is 11.3 Å². The summed E-state index contributed by atoms with van der Waals surface area (Å²) < 4.78 is 13.0. The lowest BCUT2D eigenvalue weighted by Crippen LogP contribution is -2.16. The van der Waals surface area contributed by atoms with Gasteiger partial charge in [-0.3, -0.25) is 0 Å². The van der Waals surface area contributed by atoms with Crippen molar-refractivity contribution in [2.24, 2.45) is 0 Å². The highest BCUT2D eigenvalue weighted by Crippen LogP contribution is 2.14. The quantitative estimate of drug-likeness (QED) is 0.803. The third-order valence-corrected chi connectivity index (χ3v) is 3.11. The van der Waals surface area contributed by atoms with Crippen molar-refractivity contribution in [3.05, 3.63) is 46.2 Å². The van der Waals surface area contributed by atoms with Gasteiger partial charge >= 0.3 is 0 Å². The highest BCUT2D eigenvalue weighted by molar-refractivity contribution is 7.09. The van der Waals surface area contributed by atoms with Gasteiger partial charge in [-0.2, -0.15) is 0 Å². The van der Waals surface area contributed by atoms with Gasteiger partial charge in [0.2, 0.25) is 0 Å². The van der Waals surface area contributed by atoms with Crippen LogP contribution in [0.4, 0.5) is 4.39 Å². The second-order valence-electron chi connectivity index (χ2n) is 3.67. The lowest BCUT2D eigenvalue weighted by atomic mass is 10.2. The van der Waals surface area contributed by atoms with Crippen molar-refractivity contribution < 1.29 is 9.50 Å². The number of benzene rings is 1. The van der Waals surface area contributed by atoms with E-state index in [2.05, 4.69) is 10.3 Å². The smallest absolute Gasteiger partial charge is 0.127 e. The molecule has 0 fully saturated rings. The summed E-state index contributed by atoms with van der Waals surface area (Å²) in [6.07, 6.45) is 2.64. The first kappa shape index (κ1) is 12.0. The van der Waals surface area contributed by atoms with Crippen LogP contribution in [0.15, 0.2) is 29.8 Å². The summed E-state index contributed by atoms with van der Waals surface area (Å²) in [5.41, 5.74) is 0.738. The fourth-order valence-electron chi connectivity index (χ4n) is 1.54. The number of thiazole rings is 1. The lowest BCUT2D eigenvalue weighted by molar-refractivity contribution is 0.467. The molecule has 0 bridgehead atoms. The number of halogens is 1. The molecule has 2 rings (SSSR count). The van der Waals surface area contributed by atoms with Crippen LogP contribution in [-0.2, 0) is 13.0 Å². The summed E-state index contributed by atoms with van der Waals surface area (Å²) in [7, 11) is 0. The van der Waals surface area contributed by atoms with E-state index in [0.717, 1.165) is 29.6 Å². The fraction of sp³-hybridized carbons (Fsp3) is 0.250. The number of hydrogen-bond acceptors (Lipinski definition) is 4. The van der Waals surface area contributed by atoms with Crippen molar-refractivity contribution in [2.75, 3.05) is 6.54 Å². The first-order valence-electron chi connectivity index (χ1n) is 5.31. The molecule has 1 aromatic carbocycles. The Labute approximate surface area is 103 Å². The molecule has 3 nitrogen and oxygen atoms in total. The van der Waals surface area contributed by atoms with E-state index in [-0.39, 0.29) is 5.75 Å². The number of aromatic hydroxyl groups is 1. The maximum absolute atomic E-state index is 13.0. The van der Waals surface area contributed by atoms with Gasteiger partial charge in [0.05, 0.1) is 5.01 Å². The van der Waals surface area contributed by atoms with E-state index in [1.807, 2.05) is 5.38 Å². The molecule has 0 saturated heterocycles. The van der Waals surface area contributed by atoms with Gasteiger partial charge < -0.3 is 10.4 Å². The number of phenols is 1. The largest absolute Gasteiger partial charge is 0.508 e. The summed E-state index contributed by atoms with van der Waals surface area (Å²) in [5.74, 6) is -0.455. The predicted molar refractivity (Wildman–Crippen MR) is 65.6 cm³/mol. The van der Waals surface area contributed by atoms with E-state index in [0.29, 0.717) is 6.54 Å². The van der Waals surface area contributed by atoms with E-state index < -0.39 is 5.82 Å². The van der Waals surface area contributed by atoms with Crippen molar-refractivity contribution in [3.63, 3.8) is 0 Å².